The highest BCUT2D eigenvalue weighted by atomic mass is 16.5. The second-order valence-electron chi connectivity index (χ2n) is 6.38. The van der Waals surface area contributed by atoms with Crippen molar-refractivity contribution in [1.82, 2.24) is 0 Å². The third-order valence-corrected chi connectivity index (χ3v) is 4.30. The molecule has 19 heavy (non-hydrogen) atoms. The molecule has 0 aliphatic carbocycles. The average Bonchev–Trinajstić information content (AvgIpc) is 2.99. The minimum atomic E-state index is 0.105. The molecule has 2 saturated heterocycles. The number of hydrogen-bond donors (Lipinski definition) is 0. The Hall–Kier alpha value is -1.15. The van der Waals surface area contributed by atoms with Crippen LogP contribution in [0.15, 0.2) is 24.3 Å². The van der Waals surface area contributed by atoms with E-state index in [1.54, 1.807) is 0 Å². The van der Waals surface area contributed by atoms with Crippen LogP contribution in [0.3, 0.4) is 0 Å². The van der Waals surface area contributed by atoms with Gasteiger partial charge in [-0.05, 0) is 43.2 Å². The van der Waals surface area contributed by atoms with Gasteiger partial charge >= 0.3 is 0 Å². The summed E-state index contributed by atoms with van der Waals surface area (Å²) in [6.07, 6.45) is 4.70. The molecule has 2 nitrogen and oxygen atoms in total. The quantitative estimate of drug-likeness (QED) is 0.771. The predicted octanol–water partition coefficient (Wildman–Crippen LogP) is 3.64. The molecule has 2 heterocycles. The van der Waals surface area contributed by atoms with Gasteiger partial charge in [0.05, 0.1) is 18.1 Å². The highest BCUT2D eigenvalue weighted by Crippen LogP contribution is 2.40. The largest absolute Gasteiger partial charge is 0.374 e. The number of ketones is 1. The maximum atomic E-state index is 12.6. The van der Waals surface area contributed by atoms with Crippen LogP contribution in [0.1, 0.15) is 49.0 Å². The smallest absolute Gasteiger partial charge is 0.168 e. The van der Waals surface area contributed by atoms with Crippen LogP contribution < -0.4 is 0 Å². The number of fused-ring (bicyclic) bond motifs is 2. The summed E-state index contributed by atoms with van der Waals surface area (Å²) in [7, 11) is 0. The first-order valence-corrected chi connectivity index (χ1v) is 7.42. The van der Waals surface area contributed by atoms with E-state index in [1.165, 1.54) is 5.56 Å². The standard InChI is InChI=1S/C17H22O2/c1-11(2)8-12-4-3-5-13(9-12)17(18)15-10-14-6-7-16(15)19-14/h3-5,9,11,14-16H,6-8,10H2,1-2H3. The lowest BCUT2D eigenvalue weighted by atomic mass is 9.83. The maximum Gasteiger partial charge on any atom is 0.168 e. The summed E-state index contributed by atoms with van der Waals surface area (Å²) in [5.41, 5.74) is 2.14. The fourth-order valence-electron chi connectivity index (χ4n) is 3.45. The summed E-state index contributed by atoms with van der Waals surface area (Å²) < 4.78 is 5.80. The van der Waals surface area contributed by atoms with E-state index in [0.717, 1.165) is 31.2 Å². The van der Waals surface area contributed by atoms with Gasteiger partial charge < -0.3 is 4.74 Å². The fourth-order valence-corrected chi connectivity index (χ4v) is 3.45. The molecule has 3 rings (SSSR count). The Morgan fingerprint density at radius 3 is 2.84 bits per heavy atom. The molecule has 102 valence electrons. The van der Waals surface area contributed by atoms with Crippen LogP contribution in [0.25, 0.3) is 0 Å². The van der Waals surface area contributed by atoms with Gasteiger partial charge in [-0.2, -0.15) is 0 Å². The topological polar surface area (TPSA) is 26.3 Å². The number of carbonyl (C=O) groups excluding carboxylic acids is 1. The van der Waals surface area contributed by atoms with E-state index in [2.05, 4.69) is 26.0 Å². The van der Waals surface area contributed by atoms with Gasteiger partial charge in [0, 0.05) is 5.56 Å². The fraction of sp³-hybridized carbons (Fsp3) is 0.588. The zero-order valence-corrected chi connectivity index (χ0v) is 11.8. The Kier molecular flexibility index (Phi) is 3.44. The summed E-state index contributed by atoms with van der Waals surface area (Å²) in [5, 5.41) is 0. The molecule has 1 aromatic rings. The molecule has 0 N–H and O–H groups in total. The Morgan fingerprint density at radius 1 is 1.37 bits per heavy atom. The molecule has 0 saturated carbocycles. The molecule has 2 aliphatic heterocycles. The summed E-state index contributed by atoms with van der Waals surface area (Å²) >= 11 is 0. The maximum absolute atomic E-state index is 12.6. The van der Waals surface area contributed by atoms with E-state index in [0.29, 0.717) is 12.0 Å². The molecule has 3 atom stereocenters. The van der Waals surface area contributed by atoms with Gasteiger partial charge in [0.15, 0.2) is 5.78 Å². The average molecular weight is 258 g/mol. The van der Waals surface area contributed by atoms with Crippen molar-refractivity contribution in [1.29, 1.82) is 0 Å². The number of benzene rings is 1. The Labute approximate surface area is 115 Å². The second-order valence-corrected chi connectivity index (χ2v) is 6.38. The molecule has 0 amide bonds. The number of Topliss-reactive ketones (excluding diaryl/α,β-unsaturated/α-hetero) is 1. The number of hydrogen-bond acceptors (Lipinski definition) is 2. The molecular formula is C17H22O2. The van der Waals surface area contributed by atoms with E-state index in [-0.39, 0.29) is 17.8 Å². The van der Waals surface area contributed by atoms with Gasteiger partial charge in [0.1, 0.15) is 0 Å². The first kappa shape index (κ1) is 12.9. The van der Waals surface area contributed by atoms with E-state index in [1.807, 2.05) is 12.1 Å². The third-order valence-electron chi connectivity index (χ3n) is 4.30. The van der Waals surface area contributed by atoms with E-state index >= 15 is 0 Å². The molecule has 2 bridgehead atoms. The summed E-state index contributed by atoms with van der Waals surface area (Å²) in [6.45, 7) is 4.41. The Morgan fingerprint density at radius 2 is 2.21 bits per heavy atom. The van der Waals surface area contributed by atoms with Gasteiger partial charge in [0.2, 0.25) is 0 Å². The summed E-state index contributed by atoms with van der Waals surface area (Å²) in [6, 6.07) is 8.17. The van der Waals surface area contributed by atoms with Crippen molar-refractivity contribution in [3.63, 3.8) is 0 Å². The molecule has 1 aromatic carbocycles. The molecule has 0 radical (unpaired) electrons. The normalized spacial score (nSPS) is 29.1. The minimum absolute atomic E-state index is 0.105. The van der Waals surface area contributed by atoms with Crippen molar-refractivity contribution in [2.75, 3.05) is 0 Å². The minimum Gasteiger partial charge on any atom is -0.374 e. The van der Waals surface area contributed by atoms with Crippen LogP contribution in [0.4, 0.5) is 0 Å². The molecule has 3 unspecified atom stereocenters. The van der Waals surface area contributed by atoms with Crippen LogP contribution in [0.2, 0.25) is 0 Å². The number of ether oxygens (including phenoxy) is 1. The van der Waals surface area contributed by atoms with Crippen LogP contribution >= 0.6 is 0 Å². The lowest BCUT2D eigenvalue weighted by Gasteiger charge is -2.17. The Balaban J connectivity index is 1.76. The van der Waals surface area contributed by atoms with Gasteiger partial charge in [0.25, 0.3) is 0 Å². The van der Waals surface area contributed by atoms with Gasteiger partial charge in [-0.3, -0.25) is 4.79 Å². The first-order chi connectivity index (χ1) is 9.13. The molecular weight excluding hydrogens is 236 g/mol. The number of rotatable bonds is 4. The third kappa shape index (κ3) is 2.59. The van der Waals surface area contributed by atoms with Crippen LogP contribution in [-0.4, -0.2) is 18.0 Å². The zero-order valence-electron chi connectivity index (χ0n) is 11.8. The lowest BCUT2D eigenvalue weighted by Crippen LogP contribution is -2.25. The van der Waals surface area contributed by atoms with Crippen LogP contribution in [0.5, 0.6) is 0 Å². The van der Waals surface area contributed by atoms with Crippen molar-refractivity contribution in [2.45, 2.75) is 51.7 Å². The van der Waals surface area contributed by atoms with Gasteiger partial charge in [-0.15, -0.1) is 0 Å². The SMILES string of the molecule is CC(C)Cc1cccc(C(=O)C2CC3CCC2O3)c1. The highest BCUT2D eigenvalue weighted by Gasteiger charge is 2.44. The molecule has 0 aromatic heterocycles. The monoisotopic (exact) mass is 258 g/mol. The summed E-state index contributed by atoms with van der Waals surface area (Å²) in [4.78, 5) is 12.6. The lowest BCUT2D eigenvalue weighted by molar-refractivity contribution is 0.0743. The zero-order chi connectivity index (χ0) is 13.4. The molecule has 2 fully saturated rings. The van der Waals surface area contributed by atoms with Gasteiger partial charge in [-0.1, -0.05) is 32.0 Å². The van der Waals surface area contributed by atoms with Crippen molar-refractivity contribution >= 4 is 5.78 Å². The summed E-state index contributed by atoms with van der Waals surface area (Å²) in [5.74, 6) is 1.02. The van der Waals surface area contributed by atoms with Crippen LogP contribution in [-0.2, 0) is 11.2 Å². The van der Waals surface area contributed by atoms with Crippen molar-refractivity contribution in [3.05, 3.63) is 35.4 Å². The second kappa shape index (κ2) is 5.09. The van der Waals surface area contributed by atoms with E-state index in [4.69, 9.17) is 4.74 Å². The molecule has 2 heteroatoms. The van der Waals surface area contributed by atoms with Crippen LogP contribution in [0, 0.1) is 11.8 Å². The number of carbonyl (C=O) groups is 1. The predicted molar refractivity (Wildman–Crippen MR) is 75.3 cm³/mol. The van der Waals surface area contributed by atoms with Gasteiger partial charge in [-0.25, -0.2) is 0 Å². The van der Waals surface area contributed by atoms with Crippen molar-refractivity contribution in [2.24, 2.45) is 11.8 Å². The van der Waals surface area contributed by atoms with E-state index < -0.39 is 0 Å². The Bertz CT molecular complexity index is 478. The molecule has 0 spiro atoms. The molecule has 2 aliphatic rings. The van der Waals surface area contributed by atoms with Crippen molar-refractivity contribution < 1.29 is 9.53 Å². The van der Waals surface area contributed by atoms with E-state index in [9.17, 15) is 4.79 Å². The van der Waals surface area contributed by atoms with Crippen molar-refractivity contribution in [3.8, 4) is 0 Å². The highest BCUT2D eigenvalue weighted by molar-refractivity contribution is 5.98. The first-order valence-electron chi connectivity index (χ1n) is 7.42.